The van der Waals surface area contributed by atoms with Crippen LogP contribution in [-0.2, 0) is 0 Å². The van der Waals surface area contributed by atoms with Crippen LogP contribution < -0.4 is 5.73 Å². The standard InChI is InChI=1S/C14H28N2/c1-11(2)9-16(13-6-7-13)14(3,10-15)8-12-4-5-12/h11-13H,4-10,15H2,1-3H3. The molecule has 0 amide bonds. The average Bonchev–Trinajstić information content (AvgIpc) is 3.07. The molecule has 2 rings (SSSR count). The Morgan fingerprint density at radius 3 is 2.25 bits per heavy atom. The molecule has 0 spiro atoms. The van der Waals surface area contributed by atoms with Crippen molar-refractivity contribution in [2.45, 2.75) is 64.5 Å². The summed E-state index contributed by atoms with van der Waals surface area (Å²) in [6.07, 6.45) is 7.00. The van der Waals surface area contributed by atoms with Crippen LogP contribution in [0.2, 0.25) is 0 Å². The van der Waals surface area contributed by atoms with Crippen molar-refractivity contribution in [1.82, 2.24) is 4.90 Å². The van der Waals surface area contributed by atoms with Gasteiger partial charge in [-0.15, -0.1) is 0 Å². The highest BCUT2D eigenvalue weighted by Crippen LogP contribution is 2.42. The average molecular weight is 224 g/mol. The van der Waals surface area contributed by atoms with Gasteiger partial charge in [0.25, 0.3) is 0 Å². The summed E-state index contributed by atoms with van der Waals surface area (Å²) in [5, 5.41) is 0. The fourth-order valence-corrected chi connectivity index (χ4v) is 2.85. The van der Waals surface area contributed by atoms with Crippen molar-refractivity contribution in [2.75, 3.05) is 13.1 Å². The fourth-order valence-electron chi connectivity index (χ4n) is 2.85. The lowest BCUT2D eigenvalue weighted by Gasteiger charge is -2.42. The van der Waals surface area contributed by atoms with Gasteiger partial charge in [-0.3, -0.25) is 4.90 Å². The Balaban J connectivity index is 2.00. The van der Waals surface area contributed by atoms with Gasteiger partial charge >= 0.3 is 0 Å². The Hall–Kier alpha value is -0.0800. The molecule has 0 aromatic carbocycles. The minimum Gasteiger partial charge on any atom is -0.329 e. The minimum atomic E-state index is 0.270. The zero-order chi connectivity index (χ0) is 11.8. The normalized spacial score (nSPS) is 25.1. The van der Waals surface area contributed by atoms with Crippen LogP contribution in [-0.4, -0.2) is 29.6 Å². The van der Waals surface area contributed by atoms with Gasteiger partial charge in [-0.2, -0.15) is 0 Å². The summed E-state index contributed by atoms with van der Waals surface area (Å²) in [4.78, 5) is 2.73. The van der Waals surface area contributed by atoms with Crippen molar-refractivity contribution in [2.24, 2.45) is 17.6 Å². The molecule has 2 fully saturated rings. The van der Waals surface area contributed by atoms with Crippen molar-refractivity contribution in [3.05, 3.63) is 0 Å². The molecule has 2 aliphatic rings. The van der Waals surface area contributed by atoms with Crippen LogP contribution in [0.25, 0.3) is 0 Å². The van der Waals surface area contributed by atoms with Gasteiger partial charge in [0, 0.05) is 24.7 Å². The molecule has 2 aliphatic carbocycles. The van der Waals surface area contributed by atoms with Gasteiger partial charge in [0.05, 0.1) is 0 Å². The van der Waals surface area contributed by atoms with Crippen molar-refractivity contribution < 1.29 is 0 Å². The lowest BCUT2D eigenvalue weighted by atomic mass is 9.91. The first kappa shape index (κ1) is 12.4. The summed E-state index contributed by atoms with van der Waals surface area (Å²) < 4.78 is 0. The Kier molecular flexibility index (Phi) is 3.60. The summed E-state index contributed by atoms with van der Waals surface area (Å²) in [6, 6.07) is 0.842. The predicted molar refractivity (Wildman–Crippen MR) is 69.4 cm³/mol. The third kappa shape index (κ3) is 2.98. The SMILES string of the molecule is CC(C)CN(C1CC1)C(C)(CN)CC1CC1. The molecule has 0 aromatic rings. The number of rotatable bonds is 7. The molecule has 1 unspecified atom stereocenters. The van der Waals surface area contributed by atoms with E-state index in [2.05, 4.69) is 25.7 Å². The lowest BCUT2D eigenvalue weighted by molar-refractivity contribution is 0.0738. The molecule has 0 bridgehead atoms. The molecule has 2 heteroatoms. The zero-order valence-electron chi connectivity index (χ0n) is 11.2. The van der Waals surface area contributed by atoms with E-state index >= 15 is 0 Å². The van der Waals surface area contributed by atoms with E-state index in [4.69, 9.17) is 5.73 Å². The number of hydrogen-bond donors (Lipinski definition) is 1. The Morgan fingerprint density at radius 2 is 1.88 bits per heavy atom. The lowest BCUT2D eigenvalue weighted by Crippen LogP contribution is -2.54. The third-order valence-corrected chi connectivity index (χ3v) is 4.11. The molecule has 0 aromatic heterocycles. The first-order valence-electron chi connectivity index (χ1n) is 7.02. The van der Waals surface area contributed by atoms with Crippen molar-refractivity contribution in [3.8, 4) is 0 Å². The van der Waals surface area contributed by atoms with Crippen LogP contribution in [0.1, 0.15) is 52.9 Å². The van der Waals surface area contributed by atoms with Gasteiger partial charge in [0.2, 0.25) is 0 Å². The van der Waals surface area contributed by atoms with Crippen molar-refractivity contribution >= 4 is 0 Å². The molecule has 16 heavy (non-hydrogen) atoms. The third-order valence-electron chi connectivity index (χ3n) is 4.11. The molecule has 94 valence electrons. The maximum absolute atomic E-state index is 6.08. The smallest absolute Gasteiger partial charge is 0.0309 e. The molecule has 0 aliphatic heterocycles. The van der Waals surface area contributed by atoms with Gasteiger partial charge < -0.3 is 5.73 Å². The van der Waals surface area contributed by atoms with E-state index in [0.29, 0.717) is 0 Å². The van der Waals surface area contributed by atoms with Crippen LogP contribution in [0.5, 0.6) is 0 Å². The Labute approximate surface area is 101 Å². The van der Waals surface area contributed by atoms with E-state index in [1.165, 1.54) is 38.6 Å². The van der Waals surface area contributed by atoms with E-state index in [0.717, 1.165) is 24.4 Å². The topological polar surface area (TPSA) is 29.3 Å². The first-order chi connectivity index (χ1) is 7.55. The molecule has 2 saturated carbocycles. The summed E-state index contributed by atoms with van der Waals surface area (Å²) in [7, 11) is 0. The number of nitrogens with two attached hydrogens (primary N) is 1. The molecule has 1 atom stereocenters. The second-order valence-electron chi connectivity index (χ2n) is 6.63. The van der Waals surface area contributed by atoms with Crippen LogP contribution in [0.4, 0.5) is 0 Å². The maximum atomic E-state index is 6.08. The van der Waals surface area contributed by atoms with E-state index < -0.39 is 0 Å². The van der Waals surface area contributed by atoms with E-state index in [-0.39, 0.29) is 5.54 Å². The highest BCUT2D eigenvalue weighted by Gasteiger charge is 2.43. The van der Waals surface area contributed by atoms with Crippen molar-refractivity contribution in [3.63, 3.8) is 0 Å². The molecule has 0 radical (unpaired) electrons. The second-order valence-corrected chi connectivity index (χ2v) is 6.63. The fraction of sp³-hybridized carbons (Fsp3) is 1.00. The van der Waals surface area contributed by atoms with Crippen LogP contribution in [0.15, 0.2) is 0 Å². The summed E-state index contributed by atoms with van der Waals surface area (Å²) >= 11 is 0. The van der Waals surface area contributed by atoms with Crippen LogP contribution in [0.3, 0.4) is 0 Å². The van der Waals surface area contributed by atoms with Crippen LogP contribution in [0, 0.1) is 11.8 Å². The molecule has 0 heterocycles. The van der Waals surface area contributed by atoms with Gasteiger partial charge in [0.1, 0.15) is 0 Å². The summed E-state index contributed by atoms with van der Waals surface area (Å²) in [5.74, 6) is 1.73. The van der Waals surface area contributed by atoms with E-state index in [1.54, 1.807) is 0 Å². The second kappa shape index (κ2) is 4.66. The Morgan fingerprint density at radius 1 is 1.25 bits per heavy atom. The highest BCUT2D eigenvalue weighted by molar-refractivity contribution is 4.99. The zero-order valence-corrected chi connectivity index (χ0v) is 11.2. The number of hydrogen-bond acceptors (Lipinski definition) is 2. The van der Waals surface area contributed by atoms with Gasteiger partial charge in [-0.1, -0.05) is 26.7 Å². The molecule has 2 nitrogen and oxygen atoms in total. The van der Waals surface area contributed by atoms with Crippen LogP contribution >= 0.6 is 0 Å². The van der Waals surface area contributed by atoms with E-state index in [1.807, 2.05) is 0 Å². The van der Waals surface area contributed by atoms with Gasteiger partial charge in [-0.05, 0) is 38.0 Å². The summed E-state index contributed by atoms with van der Waals surface area (Å²) in [5.41, 5.74) is 6.35. The van der Waals surface area contributed by atoms with Gasteiger partial charge in [0.15, 0.2) is 0 Å². The quantitative estimate of drug-likeness (QED) is 0.720. The monoisotopic (exact) mass is 224 g/mol. The van der Waals surface area contributed by atoms with Crippen molar-refractivity contribution in [1.29, 1.82) is 0 Å². The highest BCUT2D eigenvalue weighted by atomic mass is 15.3. The minimum absolute atomic E-state index is 0.270. The Bertz CT molecular complexity index is 231. The van der Waals surface area contributed by atoms with E-state index in [9.17, 15) is 0 Å². The molecule has 0 saturated heterocycles. The number of nitrogens with zero attached hydrogens (tertiary/aromatic N) is 1. The first-order valence-corrected chi connectivity index (χ1v) is 7.02. The summed E-state index contributed by atoms with van der Waals surface area (Å²) in [6.45, 7) is 9.09. The van der Waals surface area contributed by atoms with Gasteiger partial charge in [-0.25, -0.2) is 0 Å². The maximum Gasteiger partial charge on any atom is 0.0309 e. The molecular formula is C14H28N2. The molecule has 2 N–H and O–H groups in total. The molecular weight excluding hydrogens is 196 g/mol. The largest absolute Gasteiger partial charge is 0.329 e. The predicted octanol–water partition coefficient (Wildman–Crippen LogP) is 2.62.